The van der Waals surface area contributed by atoms with Crippen LogP contribution in [0.2, 0.25) is 0 Å². The molecule has 188 valence electrons. The second kappa shape index (κ2) is 9.54. The zero-order valence-corrected chi connectivity index (χ0v) is 19.6. The molecule has 2 heterocycles. The van der Waals surface area contributed by atoms with Crippen LogP contribution in [-0.2, 0) is 16.1 Å². The number of halogens is 2. The Morgan fingerprint density at radius 3 is 1.86 bits per heavy atom. The van der Waals surface area contributed by atoms with Crippen molar-refractivity contribution in [3.63, 3.8) is 0 Å². The first-order valence-electron chi connectivity index (χ1n) is 12.4. The number of nitrogens with zero attached hydrogens (tertiary/aromatic N) is 4. The summed E-state index contributed by atoms with van der Waals surface area (Å²) in [4.78, 5) is 54.7. The molecule has 2 aromatic rings. The number of fused-ring (bicyclic) bond motifs is 1. The summed E-state index contributed by atoms with van der Waals surface area (Å²) < 4.78 is 28.6. The highest BCUT2D eigenvalue weighted by Crippen LogP contribution is 2.33. The van der Waals surface area contributed by atoms with Crippen molar-refractivity contribution >= 4 is 22.7 Å². The quantitative estimate of drug-likeness (QED) is 0.647. The molecule has 0 radical (unpaired) electrons. The van der Waals surface area contributed by atoms with E-state index in [-0.39, 0.29) is 47.0 Å². The maximum atomic E-state index is 13.7. The molecule has 0 unspecified atom stereocenters. The van der Waals surface area contributed by atoms with Crippen molar-refractivity contribution in [1.29, 1.82) is 0 Å². The molecule has 1 aliphatic heterocycles. The van der Waals surface area contributed by atoms with Crippen molar-refractivity contribution in [2.45, 2.75) is 51.6 Å². The van der Waals surface area contributed by atoms with Gasteiger partial charge < -0.3 is 9.80 Å². The van der Waals surface area contributed by atoms with Crippen molar-refractivity contribution in [2.75, 3.05) is 26.2 Å². The van der Waals surface area contributed by atoms with Gasteiger partial charge in [-0.3, -0.25) is 19.0 Å². The fourth-order valence-corrected chi connectivity index (χ4v) is 5.52. The maximum absolute atomic E-state index is 13.7. The predicted octanol–water partition coefficient (Wildman–Crippen LogP) is 2.45. The predicted molar refractivity (Wildman–Crippen MR) is 125 cm³/mol. The van der Waals surface area contributed by atoms with E-state index in [1.807, 2.05) is 9.80 Å². The van der Waals surface area contributed by atoms with Gasteiger partial charge in [0, 0.05) is 44.6 Å². The lowest BCUT2D eigenvalue weighted by atomic mass is 9.81. The van der Waals surface area contributed by atoms with Gasteiger partial charge in [-0.25, -0.2) is 9.36 Å². The average Bonchev–Trinajstić information content (AvgIpc) is 3.72. The summed E-state index contributed by atoms with van der Waals surface area (Å²) in [6.45, 7) is -0.714. The fourth-order valence-electron chi connectivity index (χ4n) is 5.52. The molecular formula is C25H30F2N4O4. The van der Waals surface area contributed by atoms with E-state index in [1.54, 1.807) is 6.07 Å². The number of amides is 2. The van der Waals surface area contributed by atoms with E-state index in [0.29, 0.717) is 56.4 Å². The van der Waals surface area contributed by atoms with Crippen LogP contribution in [0.25, 0.3) is 10.9 Å². The summed E-state index contributed by atoms with van der Waals surface area (Å²) in [5.41, 5.74) is -1.62. The fraction of sp³-hybridized carbons (Fsp3) is 0.600. The first-order chi connectivity index (χ1) is 16.8. The van der Waals surface area contributed by atoms with Crippen LogP contribution in [0.5, 0.6) is 0 Å². The molecule has 1 aromatic heterocycles. The third-order valence-electron chi connectivity index (χ3n) is 7.74. The zero-order chi connectivity index (χ0) is 24.7. The minimum atomic E-state index is -3.05. The van der Waals surface area contributed by atoms with Crippen molar-refractivity contribution in [1.82, 2.24) is 18.9 Å². The van der Waals surface area contributed by atoms with E-state index in [0.717, 1.165) is 17.4 Å². The molecule has 2 aliphatic carbocycles. The molecule has 2 saturated carbocycles. The normalized spacial score (nSPS) is 23.2. The molecule has 1 aromatic carbocycles. The largest absolute Gasteiger partial charge is 0.339 e. The van der Waals surface area contributed by atoms with E-state index in [1.165, 1.54) is 18.2 Å². The molecule has 10 heteroatoms. The maximum Gasteiger partial charge on any atom is 0.335 e. The van der Waals surface area contributed by atoms with Gasteiger partial charge in [-0.1, -0.05) is 12.1 Å². The van der Waals surface area contributed by atoms with Crippen molar-refractivity contribution in [2.24, 2.45) is 17.8 Å². The number of carbonyl (C=O) groups is 2. The number of hydrogen-bond acceptors (Lipinski definition) is 4. The Morgan fingerprint density at radius 2 is 1.34 bits per heavy atom. The number of carbonyl (C=O) groups excluding carboxylic acids is 2. The van der Waals surface area contributed by atoms with Crippen LogP contribution < -0.4 is 11.2 Å². The van der Waals surface area contributed by atoms with E-state index in [2.05, 4.69) is 0 Å². The Kier molecular flexibility index (Phi) is 6.46. The number of alkyl halides is 2. The lowest BCUT2D eigenvalue weighted by molar-refractivity contribution is -0.143. The average molecular weight is 489 g/mol. The van der Waals surface area contributed by atoms with Crippen LogP contribution in [0.3, 0.4) is 0 Å². The molecule has 0 N–H and O–H groups in total. The molecular weight excluding hydrogens is 458 g/mol. The number of piperazine rings is 1. The summed E-state index contributed by atoms with van der Waals surface area (Å²) in [5, 5.41) is 0.0931. The van der Waals surface area contributed by atoms with E-state index < -0.39 is 17.8 Å². The molecule has 3 aliphatic rings. The molecule has 0 bridgehead atoms. The van der Waals surface area contributed by atoms with E-state index in [9.17, 15) is 28.0 Å². The van der Waals surface area contributed by atoms with Crippen LogP contribution in [-0.4, -0.2) is 56.9 Å². The Labute approximate surface area is 201 Å². The van der Waals surface area contributed by atoms with Gasteiger partial charge in [0.2, 0.25) is 11.8 Å². The Balaban J connectivity index is 1.21. The first kappa shape index (κ1) is 23.7. The highest BCUT2D eigenvalue weighted by Gasteiger charge is 2.36. The number of hydrogen-bond donors (Lipinski definition) is 0. The lowest BCUT2D eigenvalue weighted by Gasteiger charge is -2.38. The SMILES string of the molecule is O=C(C1CCC(Cn2c(=O)c3ccccc3n(C(F)F)c2=O)CC1)N1CCN(C(=O)C2CC2)CC1. The summed E-state index contributed by atoms with van der Waals surface area (Å²) in [6.07, 6.45) is 4.51. The Bertz CT molecular complexity index is 1240. The molecule has 35 heavy (non-hydrogen) atoms. The van der Waals surface area contributed by atoms with E-state index >= 15 is 0 Å². The topological polar surface area (TPSA) is 84.6 Å². The Hall–Kier alpha value is -3.04. The molecule has 2 amide bonds. The summed E-state index contributed by atoms with van der Waals surface area (Å²) in [5.74, 6) is 0.345. The van der Waals surface area contributed by atoms with Crippen LogP contribution in [0.15, 0.2) is 33.9 Å². The van der Waals surface area contributed by atoms with Crippen molar-refractivity contribution in [3.8, 4) is 0 Å². The van der Waals surface area contributed by atoms with Gasteiger partial charge in [-0.15, -0.1) is 0 Å². The molecule has 1 saturated heterocycles. The molecule has 0 spiro atoms. The van der Waals surface area contributed by atoms with Gasteiger partial charge in [0.15, 0.2) is 0 Å². The molecule has 0 atom stereocenters. The standard InChI is InChI=1S/C25H30F2N4O4/c26-24(27)31-20-4-2-1-3-19(20)23(34)30(25(31)35)15-16-5-7-17(8-6-16)21(32)28-11-13-29(14-12-28)22(33)18-9-10-18/h1-4,16-18,24H,5-15H2. The Morgan fingerprint density at radius 1 is 0.829 bits per heavy atom. The van der Waals surface area contributed by atoms with Gasteiger partial charge >= 0.3 is 12.2 Å². The van der Waals surface area contributed by atoms with Crippen LogP contribution in [0.1, 0.15) is 45.1 Å². The summed E-state index contributed by atoms with van der Waals surface area (Å²) >= 11 is 0. The second-order valence-corrected chi connectivity index (χ2v) is 10.0. The highest BCUT2D eigenvalue weighted by molar-refractivity contribution is 5.82. The monoisotopic (exact) mass is 488 g/mol. The molecule has 5 rings (SSSR count). The van der Waals surface area contributed by atoms with E-state index in [4.69, 9.17) is 0 Å². The smallest absolute Gasteiger partial charge is 0.335 e. The molecule has 3 fully saturated rings. The summed E-state index contributed by atoms with van der Waals surface area (Å²) in [6, 6.07) is 5.92. The van der Waals surface area contributed by atoms with Crippen molar-refractivity contribution < 1.29 is 18.4 Å². The number of rotatable bonds is 5. The summed E-state index contributed by atoms with van der Waals surface area (Å²) in [7, 11) is 0. The van der Waals surface area contributed by atoms with Crippen LogP contribution >= 0.6 is 0 Å². The van der Waals surface area contributed by atoms with Gasteiger partial charge in [0.25, 0.3) is 5.56 Å². The number of aromatic nitrogens is 2. The van der Waals surface area contributed by atoms with Gasteiger partial charge in [0.1, 0.15) is 0 Å². The second-order valence-electron chi connectivity index (χ2n) is 10.0. The van der Waals surface area contributed by atoms with Crippen LogP contribution in [0.4, 0.5) is 8.78 Å². The third-order valence-corrected chi connectivity index (χ3v) is 7.74. The lowest BCUT2D eigenvalue weighted by Crippen LogP contribution is -2.52. The molecule has 8 nitrogen and oxygen atoms in total. The minimum Gasteiger partial charge on any atom is -0.339 e. The van der Waals surface area contributed by atoms with Gasteiger partial charge in [-0.05, 0) is 56.6 Å². The minimum absolute atomic E-state index is 0.0373. The van der Waals surface area contributed by atoms with Crippen molar-refractivity contribution in [3.05, 3.63) is 45.1 Å². The van der Waals surface area contributed by atoms with Gasteiger partial charge in [0.05, 0.1) is 10.9 Å². The first-order valence-corrected chi connectivity index (χ1v) is 12.4. The highest BCUT2D eigenvalue weighted by atomic mass is 19.3. The number of para-hydroxylation sites is 1. The third kappa shape index (κ3) is 4.62. The van der Waals surface area contributed by atoms with Crippen LogP contribution in [0, 0.1) is 17.8 Å². The zero-order valence-electron chi connectivity index (χ0n) is 19.6. The van der Waals surface area contributed by atoms with Gasteiger partial charge in [-0.2, -0.15) is 8.78 Å². The number of benzene rings is 1.